The first-order valence-electron chi connectivity index (χ1n) is 7.15. The van der Waals surface area contributed by atoms with Crippen molar-refractivity contribution in [2.45, 2.75) is 26.7 Å². The minimum atomic E-state index is 0.0485. The quantitative estimate of drug-likeness (QED) is 0.626. The topological polar surface area (TPSA) is 37.4 Å². The Labute approximate surface area is 120 Å². The van der Waals surface area contributed by atoms with Crippen molar-refractivity contribution in [3.05, 3.63) is 47.5 Å². The number of carbonyl (C=O) groups excluding carboxylic acids is 2. The molecule has 1 aromatic rings. The number of Topliss-reactive ketones (excluding diaryl/α,β-unsaturated/α-hetero) is 1. The zero-order valence-electron chi connectivity index (χ0n) is 12.1. The number of hydrogen-bond donors (Lipinski definition) is 0. The van der Waals surface area contributed by atoms with Crippen LogP contribution in [0.1, 0.15) is 37.0 Å². The van der Waals surface area contributed by atoms with E-state index in [9.17, 15) is 9.59 Å². The third-order valence-corrected chi connectivity index (χ3v) is 3.98. The van der Waals surface area contributed by atoms with Gasteiger partial charge in [-0.25, -0.2) is 0 Å². The average Bonchev–Trinajstić information content (AvgIpc) is 2.53. The van der Waals surface area contributed by atoms with Gasteiger partial charge in [0.25, 0.3) is 0 Å². The summed E-state index contributed by atoms with van der Waals surface area (Å²) < 4.78 is 0. The van der Waals surface area contributed by atoms with Crippen LogP contribution in [0.4, 0.5) is 0 Å². The number of piperidine rings is 1. The van der Waals surface area contributed by atoms with E-state index in [1.165, 1.54) is 0 Å². The molecule has 1 aromatic carbocycles. The van der Waals surface area contributed by atoms with E-state index in [0.717, 1.165) is 24.0 Å². The molecule has 1 heterocycles. The minimum absolute atomic E-state index is 0.0485. The van der Waals surface area contributed by atoms with Crippen molar-refractivity contribution < 1.29 is 9.59 Å². The normalized spacial score (nSPS) is 17.1. The molecule has 3 nitrogen and oxygen atoms in total. The molecule has 1 amide bonds. The number of hydrogen-bond acceptors (Lipinski definition) is 2. The first kappa shape index (κ1) is 14.5. The number of nitrogens with zero attached hydrogens (tertiary/aromatic N) is 1. The third-order valence-electron chi connectivity index (χ3n) is 3.98. The molecule has 106 valence electrons. The van der Waals surface area contributed by atoms with Crippen molar-refractivity contribution >= 4 is 11.7 Å². The van der Waals surface area contributed by atoms with Crippen LogP contribution in [0.5, 0.6) is 0 Å². The van der Waals surface area contributed by atoms with Crippen LogP contribution in [0.2, 0.25) is 0 Å². The molecule has 1 fully saturated rings. The maximum atomic E-state index is 12.4. The van der Waals surface area contributed by atoms with E-state index < -0.39 is 0 Å². The van der Waals surface area contributed by atoms with E-state index in [4.69, 9.17) is 0 Å². The second-order valence-electron chi connectivity index (χ2n) is 5.27. The number of amides is 1. The van der Waals surface area contributed by atoms with Gasteiger partial charge in [0.2, 0.25) is 5.91 Å². The highest BCUT2D eigenvalue weighted by Gasteiger charge is 2.27. The summed E-state index contributed by atoms with van der Waals surface area (Å²) in [4.78, 5) is 26.3. The Morgan fingerprint density at radius 1 is 1.15 bits per heavy atom. The number of allylic oxidation sites excluding steroid dienone is 1. The molecule has 2 rings (SSSR count). The van der Waals surface area contributed by atoms with E-state index in [1.54, 1.807) is 0 Å². The number of rotatable bonds is 3. The lowest BCUT2D eigenvalue weighted by molar-refractivity contribution is -0.128. The van der Waals surface area contributed by atoms with Gasteiger partial charge in [0.15, 0.2) is 5.78 Å². The molecule has 0 bridgehead atoms. The fourth-order valence-corrected chi connectivity index (χ4v) is 2.56. The van der Waals surface area contributed by atoms with E-state index in [1.807, 2.05) is 55.2 Å². The lowest BCUT2D eigenvalue weighted by atomic mass is 9.88. The zero-order valence-corrected chi connectivity index (χ0v) is 12.1. The number of carbonyl (C=O) groups is 2. The van der Waals surface area contributed by atoms with Gasteiger partial charge in [0.1, 0.15) is 0 Å². The van der Waals surface area contributed by atoms with Gasteiger partial charge < -0.3 is 4.90 Å². The summed E-state index contributed by atoms with van der Waals surface area (Å²) in [5, 5.41) is 0. The smallest absolute Gasteiger partial charge is 0.249 e. The minimum Gasteiger partial charge on any atom is -0.339 e. The summed E-state index contributed by atoms with van der Waals surface area (Å²) in [6.07, 6.45) is 3.36. The largest absolute Gasteiger partial charge is 0.339 e. The highest BCUT2D eigenvalue weighted by molar-refractivity contribution is 5.98. The fraction of sp³-hybridized carbons (Fsp3) is 0.412. The van der Waals surface area contributed by atoms with Crippen molar-refractivity contribution in [1.82, 2.24) is 4.90 Å². The van der Waals surface area contributed by atoms with E-state index in [0.29, 0.717) is 13.1 Å². The molecule has 0 unspecified atom stereocenters. The maximum absolute atomic E-state index is 12.4. The molecule has 1 aliphatic heterocycles. The van der Waals surface area contributed by atoms with Gasteiger partial charge in [-0.3, -0.25) is 9.59 Å². The van der Waals surface area contributed by atoms with Gasteiger partial charge in [-0.05, 0) is 26.7 Å². The van der Waals surface area contributed by atoms with Crippen LogP contribution in [0, 0.1) is 5.92 Å². The van der Waals surface area contributed by atoms with E-state index in [2.05, 4.69) is 0 Å². The molecule has 0 aromatic heterocycles. The zero-order chi connectivity index (χ0) is 14.5. The Balaban J connectivity index is 1.95. The molecular weight excluding hydrogens is 250 g/mol. The Bertz CT molecular complexity index is 511. The maximum Gasteiger partial charge on any atom is 0.249 e. The number of likely N-dealkylation sites (tertiary alicyclic amines) is 1. The predicted octanol–water partition coefficient (Wildman–Crippen LogP) is 3.07. The molecular formula is C17H21NO2. The Hall–Kier alpha value is -1.90. The van der Waals surface area contributed by atoms with Crippen molar-refractivity contribution in [2.75, 3.05) is 13.1 Å². The predicted molar refractivity (Wildman–Crippen MR) is 79.5 cm³/mol. The van der Waals surface area contributed by atoms with Crippen LogP contribution < -0.4 is 0 Å². The Kier molecular flexibility index (Phi) is 4.72. The van der Waals surface area contributed by atoms with Crippen LogP contribution in [0.25, 0.3) is 0 Å². The molecule has 3 heteroatoms. The molecule has 0 aliphatic carbocycles. The van der Waals surface area contributed by atoms with Crippen molar-refractivity contribution in [3.8, 4) is 0 Å². The van der Waals surface area contributed by atoms with Gasteiger partial charge in [-0.2, -0.15) is 0 Å². The lowest BCUT2D eigenvalue weighted by Crippen LogP contribution is -2.40. The first-order chi connectivity index (χ1) is 9.63. The first-order valence-corrected chi connectivity index (χ1v) is 7.15. The molecule has 0 radical (unpaired) electrons. The number of ketones is 1. The van der Waals surface area contributed by atoms with Gasteiger partial charge in [0.05, 0.1) is 0 Å². The van der Waals surface area contributed by atoms with Crippen LogP contribution >= 0.6 is 0 Å². The highest BCUT2D eigenvalue weighted by Crippen LogP contribution is 2.22. The molecule has 1 aliphatic rings. The molecule has 1 saturated heterocycles. The fourth-order valence-electron chi connectivity index (χ4n) is 2.56. The third kappa shape index (κ3) is 3.16. The molecule has 0 spiro atoms. The molecule has 0 saturated carbocycles. The van der Waals surface area contributed by atoms with Gasteiger partial charge in [-0.1, -0.05) is 36.4 Å². The molecule has 0 N–H and O–H groups in total. The van der Waals surface area contributed by atoms with Crippen molar-refractivity contribution in [1.29, 1.82) is 0 Å². The summed E-state index contributed by atoms with van der Waals surface area (Å²) >= 11 is 0. The molecule has 0 atom stereocenters. The Morgan fingerprint density at radius 2 is 1.75 bits per heavy atom. The lowest BCUT2D eigenvalue weighted by Gasteiger charge is -2.31. The van der Waals surface area contributed by atoms with Crippen LogP contribution in [-0.4, -0.2) is 29.7 Å². The van der Waals surface area contributed by atoms with Gasteiger partial charge >= 0.3 is 0 Å². The second kappa shape index (κ2) is 6.51. The van der Waals surface area contributed by atoms with Crippen LogP contribution in [-0.2, 0) is 4.79 Å². The van der Waals surface area contributed by atoms with E-state index in [-0.39, 0.29) is 17.6 Å². The number of benzene rings is 1. The SMILES string of the molecule is CC=C(C)C(=O)N1CCC(C(=O)c2ccccc2)CC1. The van der Waals surface area contributed by atoms with Crippen LogP contribution in [0.3, 0.4) is 0 Å². The standard InChI is InChI=1S/C17H21NO2/c1-3-13(2)17(20)18-11-9-15(10-12-18)16(19)14-7-5-4-6-8-14/h3-8,15H,9-12H2,1-2H3. The summed E-state index contributed by atoms with van der Waals surface area (Å²) in [5.74, 6) is 0.353. The second-order valence-corrected chi connectivity index (χ2v) is 5.27. The van der Waals surface area contributed by atoms with E-state index >= 15 is 0 Å². The highest BCUT2D eigenvalue weighted by atomic mass is 16.2. The Morgan fingerprint density at radius 3 is 2.30 bits per heavy atom. The summed E-state index contributed by atoms with van der Waals surface area (Å²) in [5.41, 5.74) is 1.56. The van der Waals surface area contributed by atoms with Crippen molar-refractivity contribution in [3.63, 3.8) is 0 Å². The summed E-state index contributed by atoms with van der Waals surface area (Å²) in [6, 6.07) is 9.42. The average molecular weight is 271 g/mol. The monoisotopic (exact) mass is 271 g/mol. The molecule has 20 heavy (non-hydrogen) atoms. The summed E-state index contributed by atoms with van der Waals surface area (Å²) in [7, 11) is 0. The summed E-state index contributed by atoms with van der Waals surface area (Å²) in [6.45, 7) is 5.06. The van der Waals surface area contributed by atoms with Gasteiger partial charge in [0, 0.05) is 30.1 Å². The van der Waals surface area contributed by atoms with Crippen LogP contribution in [0.15, 0.2) is 42.0 Å². The van der Waals surface area contributed by atoms with Crippen molar-refractivity contribution in [2.24, 2.45) is 5.92 Å². The van der Waals surface area contributed by atoms with Gasteiger partial charge in [-0.15, -0.1) is 0 Å².